The number of fused-ring (bicyclic) bond motifs is 1. The standard InChI is InChI=1S/C23H26F2N4O3S/c1-23(2,3)32-22(31)28-12-6-7-14(28)13-29-16-9-5-4-8-15(16)26-21(29)27-20(30)18-11-10-17(33-18)19(24)25/h4-5,8-11,14,19H,6-7,12-13H2,1-3H3,(H,26,27,30)/t14-/m0/s1. The molecule has 4 rings (SSSR count). The van der Waals surface area contributed by atoms with Gasteiger partial charge in [-0.3, -0.25) is 10.1 Å². The fourth-order valence-corrected chi connectivity index (χ4v) is 4.67. The number of anilines is 1. The van der Waals surface area contributed by atoms with Crippen LogP contribution < -0.4 is 5.32 Å². The molecule has 1 fully saturated rings. The van der Waals surface area contributed by atoms with Crippen LogP contribution in [0.1, 0.15) is 54.6 Å². The Hall–Kier alpha value is -3.01. The van der Waals surface area contributed by atoms with Gasteiger partial charge in [0.15, 0.2) is 0 Å². The zero-order chi connectivity index (χ0) is 23.8. The molecule has 0 bridgehead atoms. The first-order valence-corrected chi connectivity index (χ1v) is 11.6. The molecule has 1 atom stereocenters. The molecule has 1 aromatic carbocycles. The number of nitrogens with zero attached hydrogens (tertiary/aromatic N) is 3. The van der Waals surface area contributed by atoms with E-state index in [1.807, 2.05) is 49.6 Å². The predicted molar refractivity (Wildman–Crippen MR) is 123 cm³/mol. The summed E-state index contributed by atoms with van der Waals surface area (Å²) in [6.07, 6.45) is -1.34. The Morgan fingerprint density at radius 3 is 2.70 bits per heavy atom. The monoisotopic (exact) mass is 476 g/mol. The largest absolute Gasteiger partial charge is 0.444 e. The van der Waals surface area contributed by atoms with Crippen LogP contribution in [0, 0.1) is 0 Å². The first kappa shape index (κ1) is 23.2. The molecule has 0 unspecified atom stereocenters. The van der Waals surface area contributed by atoms with Crippen molar-refractivity contribution in [1.82, 2.24) is 14.5 Å². The molecule has 3 aromatic rings. The number of thiophene rings is 1. The van der Waals surface area contributed by atoms with Crippen molar-refractivity contribution in [2.45, 2.75) is 58.2 Å². The number of hydrogen-bond acceptors (Lipinski definition) is 5. The summed E-state index contributed by atoms with van der Waals surface area (Å²) in [6.45, 7) is 6.51. The van der Waals surface area contributed by atoms with Crippen LogP contribution in [0.3, 0.4) is 0 Å². The molecule has 0 spiro atoms. The van der Waals surface area contributed by atoms with Crippen LogP contribution in [0.4, 0.5) is 19.5 Å². The fourth-order valence-electron chi connectivity index (χ4n) is 3.91. The van der Waals surface area contributed by atoms with E-state index in [1.165, 1.54) is 12.1 Å². The van der Waals surface area contributed by atoms with E-state index in [1.54, 1.807) is 4.90 Å². The fraction of sp³-hybridized carbons (Fsp3) is 0.435. The van der Waals surface area contributed by atoms with Gasteiger partial charge in [-0.25, -0.2) is 18.6 Å². The lowest BCUT2D eigenvalue weighted by Gasteiger charge is -2.29. The Balaban J connectivity index is 1.60. The molecule has 1 N–H and O–H groups in total. The summed E-state index contributed by atoms with van der Waals surface area (Å²) in [4.78, 5) is 31.8. The van der Waals surface area contributed by atoms with Crippen molar-refractivity contribution in [1.29, 1.82) is 0 Å². The van der Waals surface area contributed by atoms with Gasteiger partial charge in [-0.1, -0.05) is 12.1 Å². The Kier molecular flexibility index (Phi) is 6.38. The van der Waals surface area contributed by atoms with Crippen molar-refractivity contribution in [3.05, 3.63) is 46.2 Å². The van der Waals surface area contributed by atoms with Crippen molar-refractivity contribution in [3.63, 3.8) is 0 Å². The van der Waals surface area contributed by atoms with Crippen LogP contribution in [0.25, 0.3) is 11.0 Å². The molecule has 7 nitrogen and oxygen atoms in total. The molecule has 33 heavy (non-hydrogen) atoms. The van der Waals surface area contributed by atoms with Gasteiger partial charge < -0.3 is 14.2 Å². The Bertz CT molecular complexity index is 1170. The van der Waals surface area contributed by atoms with E-state index < -0.39 is 17.9 Å². The Morgan fingerprint density at radius 1 is 1.24 bits per heavy atom. The smallest absolute Gasteiger partial charge is 0.410 e. The van der Waals surface area contributed by atoms with E-state index in [0.29, 0.717) is 24.6 Å². The molecule has 0 saturated carbocycles. The maximum absolute atomic E-state index is 12.9. The van der Waals surface area contributed by atoms with Crippen molar-refractivity contribution in [2.75, 3.05) is 11.9 Å². The summed E-state index contributed by atoms with van der Waals surface area (Å²) in [5.74, 6) is -0.192. The summed E-state index contributed by atoms with van der Waals surface area (Å²) in [6, 6.07) is 9.97. The Morgan fingerprint density at radius 2 is 2.00 bits per heavy atom. The van der Waals surface area contributed by atoms with Crippen LogP contribution in [-0.4, -0.2) is 44.6 Å². The van der Waals surface area contributed by atoms with Gasteiger partial charge in [0.05, 0.1) is 26.8 Å². The van der Waals surface area contributed by atoms with Gasteiger partial charge in [-0.15, -0.1) is 11.3 Å². The van der Waals surface area contributed by atoms with E-state index in [2.05, 4.69) is 10.3 Å². The molecule has 2 aromatic heterocycles. The van der Waals surface area contributed by atoms with Crippen molar-refractivity contribution in [3.8, 4) is 0 Å². The number of nitrogens with one attached hydrogen (secondary N) is 1. The third-order valence-corrected chi connectivity index (χ3v) is 6.44. The molecule has 1 aliphatic rings. The maximum Gasteiger partial charge on any atom is 0.410 e. The lowest BCUT2D eigenvalue weighted by Crippen LogP contribution is -2.41. The minimum atomic E-state index is -2.62. The third-order valence-electron chi connectivity index (χ3n) is 5.34. The number of aromatic nitrogens is 2. The topological polar surface area (TPSA) is 76.5 Å². The van der Waals surface area contributed by atoms with Crippen molar-refractivity contribution < 1.29 is 23.1 Å². The number of carbonyl (C=O) groups is 2. The first-order valence-electron chi connectivity index (χ1n) is 10.8. The van der Waals surface area contributed by atoms with Gasteiger partial charge in [0, 0.05) is 13.1 Å². The van der Waals surface area contributed by atoms with E-state index >= 15 is 0 Å². The van der Waals surface area contributed by atoms with Crippen LogP contribution in [0.2, 0.25) is 0 Å². The number of imidazole rings is 1. The number of halogens is 2. The van der Waals surface area contributed by atoms with E-state index in [0.717, 1.165) is 29.7 Å². The highest BCUT2D eigenvalue weighted by Gasteiger charge is 2.33. The van der Waals surface area contributed by atoms with Gasteiger partial charge in [-0.2, -0.15) is 0 Å². The number of hydrogen-bond donors (Lipinski definition) is 1. The van der Waals surface area contributed by atoms with E-state index in [9.17, 15) is 18.4 Å². The zero-order valence-corrected chi connectivity index (χ0v) is 19.5. The average molecular weight is 477 g/mol. The summed E-state index contributed by atoms with van der Waals surface area (Å²) in [5.41, 5.74) is 0.903. The molecule has 0 radical (unpaired) electrons. The van der Waals surface area contributed by atoms with Crippen LogP contribution in [0.5, 0.6) is 0 Å². The third kappa shape index (κ3) is 5.16. The predicted octanol–water partition coefficient (Wildman–Crippen LogP) is 5.69. The second kappa shape index (κ2) is 9.09. The van der Waals surface area contributed by atoms with Crippen molar-refractivity contribution in [2.24, 2.45) is 0 Å². The second-order valence-corrected chi connectivity index (χ2v) is 10.1. The number of likely N-dealkylation sites (tertiary alicyclic amines) is 1. The Labute approximate surface area is 194 Å². The lowest BCUT2D eigenvalue weighted by atomic mass is 10.2. The molecule has 3 heterocycles. The lowest BCUT2D eigenvalue weighted by molar-refractivity contribution is 0.0215. The average Bonchev–Trinajstić information content (AvgIpc) is 3.46. The second-order valence-electron chi connectivity index (χ2n) is 8.96. The normalized spacial score (nSPS) is 16.5. The minimum Gasteiger partial charge on any atom is -0.444 e. The molecule has 0 aliphatic carbocycles. The van der Waals surface area contributed by atoms with Gasteiger partial charge >= 0.3 is 6.09 Å². The molecule has 10 heteroatoms. The molecule has 1 aliphatic heterocycles. The number of benzene rings is 1. The molecular weight excluding hydrogens is 450 g/mol. The SMILES string of the molecule is CC(C)(C)OC(=O)N1CCC[C@H]1Cn1c(NC(=O)c2ccc(C(F)F)s2)nc2ccccc21. The van der Waals surface area contributed by atoms with Gasteiger partial charge in [0.2, 0.25) is 5.95 Å². The summed E-state index contributed by atoms with van der Waals surface area (Å²) in [5, 5.41) is 2.77. The molecular formula is C23H26F2N4O3S. The first-order chi connectivity index (χ1) is 15.6. The van der Waals surface area contributed by atoms with E-state index in [-0.39, 0.29) is 21.9 Å². The number of alkyl halides is 2. The number of amides is 2. The highest BCUT2D eigenvalue weighted by Crippen LogP contribution is 2.29. The molecule has 176 valence electrons. The van der Waals surface area contributed by atoms with E-state index in [4.69, 9.17) is 4.74 Å². The summed E-state index contributed by atoms with van der Waals surface area (Å²) in [7, 11) is 0. The number of carbonyl (C=O) groups excluding carboxylic acids is 2. The van der Waals surface area contributed by atoms with Crippen molar-refractivity contribution >= 4 is 40.3 Å². The maximum atomic E-state index is 12.9. The number of para-hydroxylation sites is 2. The summed E-state index contributed by atoms with van der Waals surface area (Å²) >= 11 is 0.755. The highest BCUT2D eigenvalue weighted by molar-refractivity contribution is 7.14. The number of rotatable bonds is 5. The summed E-state index contributed by atoms with van der Waals surface area (Å²) < 4.78 is 33.3. The number of ether oxygens (including phenoxy) is 1. The quantitative estimate of drug-likeness (QED) is 0.514. The van der Waals surface area contributed by atoms with Crippen LogP contribution in [0.15, 0.2) is 36.4 Å². The molecule has 1 saturated heterocycles. The van der Waals surface area contributed by atoms with Gasteiger partial charge in [0.1, 0.15) is 5.60 Å². The van der Waals surface area contributed by atoms with Gasteiger partial charge in [-0.05, 0) is 57.9 Å². The zero-order valence-electron chi connectivity index (χ0n) is 18.7. The minimum absolute atomic E-state index is 0.125. The van der Waals surface area contributed by atoms with Gasteiger partial charge in [0.25, 0.3) is 12.3 Å². The van der Waals surface area contributed by atoms with Crippen LogP contribution in [-0.2, 0) is 11.3 Å². The van der Waals surface area contributed by atoms with Crippen LogP contribution >= 0.6 is 11.3 Å². The highest BCUT2D eigenvalue weighted by atomic mass is 32.1. The molecule has 2 amide bonds.